The molecule has 0 amide bonds. The second-order valence-electron chi connectivity index (χ2n) is 10.2. The van der Waals surface area contributed by atoms with Gasteiger partial charge in [0.15, 0.2) is 0 Å². The van der Waals surface area contributed by atoms with Crippen LogP contribution in [0.1, 0.15) is 55.9 Å². The lowest BCUT2D eigenvalue weighted by Crippen LogP contribution is -2.48. The van der Waals surface area contributed by atoms with Gasteiger partial charge in [-0.15, -0.1) is 0 Å². The molecule has 154 valence electrons. The van der Waals surface area contributed by atoms with Gasteiger partial charge in [-0.2, -0.15) is 0 Å². The second kappa shape index (κ2) is 6.57. The van der Waals surface area contributed by atoms with Gasteiger partial charge in [0.25, 0.3) is 0 Å². The molecule has 0 spiro atoms. The van der Waals surface area contributed by atoms with Crippen molar-refractivity contribution in [3.8, 4) is 16.9 Å². The fourth-order valence-corrected chi connectivity index (χ4v) is 7.21. The Morgan fingerprint density at radius 2 is 1.33 bits per heavy atom. The average molecular weight is 400 g/mol. The molecule has 4 saturated carbocycles. The van der Waals surface area contributed by atoms with E-state index in [2.05, 4.69) is 24.3 Å². The number of fused-ring (bicyclic) bond motifs is 1. The number of hydrogen-bond donors (Lipinski definition) is 3. The first kappa shape index (κ1) is 18.4. The lowest BCUT2D eigenvalue weighted by Gasteiger charge is -2.57. The third-order valence-corrected chi connectivity index (χ3v) is 8.15. The van der Waals surface area contributed by atoms with Gasteiger partial charge < -0.3 is 15.9 Å². The zero-order valence-electron chi connectivity index (χ0n) is 17.2. The van der Waals surface area contributed by atoms with E-state index < -0.39 is 6.23 Å². The quantitative estimate of drug-likeness (QED) is 0.500. The summed E-state index contributed by atoms with van der Waals surface area (Å²) in [5, 5.41) is 22.7. The lowest BCUT2D eigenvalue weighted by atomic mass is 9.48. The van der Waals surface area contributed by atoms with E-state index in [-0.39, 0.29) is 5.41 Å². The van der Waals surface area contributed by atoms with Crippen molar-refractivity contribution in [3.05, 3.63) is 65.7 Å². The normalized spacial score (nSPS) is 30.7. The van der Waals surface area contributed by atoms with Crippen molar-refractivity contribution in [2.45, 2.75) is 50.2 Å². The minimum absolute atomic E-state index is 0.178. The van der Waals surface area contributed by atoms with E-state index in [4.69, 9.17) is 5.73 Å². The van der Waals surface area contributed by atoms with E-state index in [0.717, 1.165) is 39.7 Å². The van der Waals surface area contributed by atoms with E-state index in [1.807, 2.05) is 30.3 Å². The fraction of sp³-hybridized carbons (Fsp3) is 0.407. The summed E-state index contributed by atoms with van der Waals surface area (Å²) in [4.78, 5) is 0. The number of nitrogens with two attached hydrogens (primary N) is 1. The van der Waals surface area contributed by atoms with Gasteiger partial charge in [-0.3, -0.25) is 0 Å². The van der Waals surface area contributed by atoms with E-state index in [0.29, 0.717) is 5.75 Å². The first-order valence-electron chi connectivity index (χ1n) is 11.3. The van der Waals surface area contributed by atoms with Gasteiger partial charge in [-0.1, -0.05) is 30.3 Å². The highest BCUT2D eigenvalue weighted by molar-refractivity contribution is 5.88. The molecule has 30 heavy (non-hydrogen) atoms. The van der Waals surface area contributed by atoms with Crippen molar-refractivity contribution in [2.24, 2.45) is 23.5 Å². The predicted molar refractivity (Wildman–Crippen MR) is 120 cm³/mol. The molecular weight excluding hydrogens is 370 g/mol. The molecule has 0 heterocycles. The third-order valence-electron chi connectivity index (χ3n) is 8.15. The number of phenolic OH excluding ortho intramolecular Hbond substituents is 1. The van der Waals surface area contributed by atoms with Crippen LogP contribution in [-0.2, 0) is 5.41 Å². The molecule has 0 unspecified atom stereocenters. The smallest absolute Gasteiger partial charge is 0.128 e. The topological polar surface area (TPSA) is 66.5 Å². The molecule has 0 saturated heterocycles. The van der Waals surface area contributed by atoms with Gasteiger partial charge in [-0.25, -0.2) is 0 Å². The molecule has 0 aliphatic heterocycles. The predicted octanol–water partition coefficient (Wildman–Crippen LogP) is 5.63. The summed E-state index contributed by atoms with van der Waals surface area (Å²) in [7, 11) is 0. The summed E-state index contributed by atoms with van der Waals surface area (Å²) in [6.07, 6.45) is 7.01. The molecule has 0 aromatic heterocycles. The van der Waals surface area contributed by atoms with E-state index in [1.165, 1.54) is 49.7 Å². The van der Waals surface area contributed by atoms with Crippen LogP contribution in [-0.4, -0.2) is 10.2 Å². The maximum atomic E-state index is 10.9. The summed E-state index contributed by atoms with van der Waals surface area (Å²) >= 11 is 0. The molecule has 4 fully saturated rings. The highest BCUT2D eigenvalue weighted by atomic mass is 16.3. The maximum Gasteiger partial charge on any atom is 0.128 e. The average Bonchev–Trinajstić information content (AvgIpc) is 2.72. The SMILES string of the molecule is N[C@H](O)c1ccc2cc(-c3ccc(O)c(C45CC6CC(CC(C6)C4)C5)c3)ccc2c1. The Kier molecular flexibility index (Phi) is 4.03. The number of aromatic hydroxyl groups is 1. The number of rotatable bonds is 3. The summed E-state index contributed by atoms with van der Waals surface area (Å²) in [5.41, 5.74) is 10.0. The zero-order chi connectivity index (χ0) is 20.5. The number of phenols is 1. The van der Waals surface area contributed by atoms with Gasteiger partial charge in [-0.05, 0) is 113 Å². The largest absolute Gasteiger partial charge is 0.508 e. The number of benzene rings is 3. The Bertz CT molecular complexity index is 1100. The minimum Gasteiger partial charge on any atom is -0.508 e. The molecule has 4 aliphatic rings. The van der Waals surface area contributed by atoms with Gasteiger partial charge >= 0.3 is 0 Å². The zero-order valence-corrected chi connectivity index (χ0v) is 17.2. The first-order chi connectivity index (χ1) is 14.5. The van der Waals surface area contributed by atoms with Gasteiger partial charge in [0.1, 0.15) is 12.0 Å². The molecular formula is C27H29NO2. The Labute approximate surface area is 177 Å². The van der Waals surface area contributed by atoms with Crippen LogP contribution in [0.15, 0.2) is 54.6 Å². The molecule has 3 nitrogen and oxygen atoms in total. The molecule has 1 atom stereocenters. The molecule has 4 bridgehead atoms. The van der Waals surface area contributed by atoms with Crippen LogP contribution in [0.25, 0.3) is 21.9 Å². The van der Waals surface area contributed by atoms with Crippen molar-refractivity contribution >= 4 is 10.8 Å². The molecule has 4 N–H and O–H groups in total. The van der Waals surface area contributed by atoms with Crippen molar-refractivity contribution in [1.82, 2.24) is 0 Å². The Hall–Kier alpha value is -2.36. The van der Waals surface area contributed by atoms with E-state index >= 15 is 0 Å². The molecule has 0 radical (unpaired) electrons. The van der Waals surface area contributed by atoms with Crippen LogP contribution >= 0.6 is 0 Å². The number of aliphatic hydroxyl groups excluding tert-OH is 1. The molecule has 3 heteroatoms. The second-order valence-corrected chi connectivity index (χ2v) is 10.2. The van der Waals surface area contributed by atoms with Crippen molar-refractivity contribution in [1.29, 1.82) is 0 Å². The van der Waals surface area contributed by atoms with E-state index in [1.54, 1.807) is 0 Å². The van der Waals surface area contributed by atoms with Crippen molar-refractivity contribution < 1.29 is 10.2 Å². The Morgan fingerprint density at radius 3 is 2.00 bits per heavy atom. The van der Waals surface area contributed by atoms with Crippen molar-refractivity contribution in [2.75, 3.05) is 0 Å². The molecule has 3 aromatic carbocycles. The van der Waals surface area contributed by atoms with Crippen molar-refractivity contribution in [3.63, 3.8) is 0 Å². The van der Waals surface area contributed by atoms with Crippen LogP contribution in [0, 0.1) is 17.8 Å². The van der Waals surface area contributed by atoms with Crippen LogP contribution in [0.4, 0.5) is 0 Å². The van der Waals surface area contributed by atoms with Crippen LogP contribution in [0.5, 0.6) is 5.75 Å². The summed E-state index contributed by atoms with van der Waals surface area (Å²) in [5.74, 6) is 3.04. The maximum absolute atomic E-state index is 10.9. The Morgan fingerprint density at radius 1 is 0.767 bits per heavy atom. The number of hydrogen-bond acceptors (Lipinski definition) is 3. The summed E-state index contributed by atoms with van der Waals surface area (Å²) in [6, 6.07) is 18.5. The monoisotopic (exact) mass is 399 g/mol. The molecule has 3 aromatic rings. The van der Waals surface area contributed by atoms with Gasteiger partial charge in [0.05, 0.1) is 0 Å². The molecule has 4 aliphatic carbocycles. The van der Waals surface area contributed by atoms with Gasteiger partial charge in [0.2, 0.25) is 0 Å². The third kappa shape index (κ3) is 2.87. The fourth-order valence-electron chi connectivity index (χ4n) is 7.21. The minimum atomic E-state index is -0.950. The standard InChI is InChI=1S/C27H29NO2/c28-26(30)23-4-3-19-10-20(1-2-21(19)11-23)22-5-6-25(29)24(12-22)27-13-16-7-17(14-27)9-18(8-16)15-27/h1-6,10-12,16-18,26,29-30H,7-9,13-15,28H2/t16?,17?,18?,26-,27?/m1/s1. The van der Waals surface area contributed by atoms with Crippen LogP contribution < -0.4 is 5.73 Å². The number of aliphatic hydroxyl groups is 1. The highest BCUT2D eigenvalue weighted by Gasteiger charge is 2.52. The summed E-state index contributed by atoms with van der Waals surface area (Å²) in [6.45, 7) is 0. The first-order valence-corrected chi connectivity index (χ1v) is 11.3. The summed E-state index contributed by atoms with van der Waals surface area (Å²) < 4.78 is 0. The van der Waals surface area contributed by atoms with Crippen LogP contribution in [0.3, 0.4) is 0 Å². The molecule has 7 rings (SSSR count). The van der Waals surface area contributed by atoms with Crippen LogP contribution in [0.2, 0.25) is 0 Å². The highest BCUT2D eigenvalue weighted by Crippen LogP contribution is 2.62. The lowest BCUT2D eigenvalue weighted by molar-refractivity contribution is -0.00611. The Balaban J connectivity index is 1.41. The van der Waals surface area contributed by atoms with Gasteiger partial charge in [0, 0.05) is 5.56 Å². The van der Waals surface area contributed by atoms with E-state index in [9.17, 15) is 10.2 Å².